The minimum absolute atomic E-state index is 0.191. The second kappa shape index (κ2) is 6.56. The third kappa shape index (κ3) is 3.71. The largest absolute Gasteiger partial charge is 0.481 e. The van der Waals surface area contributed by atoms with Crippen molar-refractivity contribution in [3.05, 3.63) is 24.0 Å². The van der Waals surface area contributed by atoms with Crippen molar-refractivity contribution in [1.82, 2.24) is 15.1 Å². The molecule has 0 spiro atoms. The number of carboxylic acids is 1. The molecule has 2 N–H and O–H groups in total. The molecule has 1 aliphatic rings. The van der Waals surface area contributed by atoms with Crippen LogP contribution in [0.3, 0.4) is 0 Å². The lowest BCUT2D eigenvalue weighted by atomic mass is 9.74. The second-order valence-electron chi connectivity index (χ2n) is 5.58. The van der Waals surface area contributed by atoms with Gasteiger partial charge in [-0.25, -0.2) is 0 Å². The molecule has 6 nitrogen and oxygen atoms in total. The van der Waals surface area contributed by atoms with Crippen LogP contribution in [0.2, 0.25) is 0 Å². The van der Waals surface area contributed by atoms with E-state index in [9.17, 15) is 14.7 Å². The summed E-state index contributed by atoms with van der Waals surface area (Å²) in [4.78, 5) is 23.3. The summed E-state index contributed by atoms with van der Waals surface area (Å²) in [6.07, 6.45) is 8.89. The van der Waals surface area contributed by atoms with Crippen molar-refractivity contribution in [2.45, 2.75) is 32.1 Å². The Morgan fingerprint density at radius 1 is 1.43 bits per heavy atom. The van der Waals surface area contributed by atoms with Gasteiger partial charge in [0, 0.05) is 25.9 Å². The minimum Gasteiger partial charge on any atom is -0.481 e. The third-order valence-electron chi connectivity index (χ3n) is 4.13. The van der Waals surface area contributed by atoms with E-state index < -0.39 is 11.4 Å². The molecule has 1 aromatic heterocycles. The quantitative estimate of drug-likeness (QED) is 0.807. The van der Waals surface area contributed by atoms with Gasteiger partial charge in [0.05, 0.1) is 11.1 Å². The highest BCUT2D eigenvalue weighted by atomic mass is 16.4. The Kier molecular flexibility index (Phi) is 4.77. The topological polar surface area (TPSA) is 84.2 Å². The molecule has 1 heterocycles. The molecule has 0 aliphatic heterocycles. The molecule has 1 fully saturated rings. The van der Waals surface area contributed by atoms with E-state index >= 15 is 0 Å². The molecule has 21 heavy (non-hydrogen) atoms. The molecular formula is C15H21N3O3. The molecule has 1 aromatic rings. The number of carboxylic acid groups (broad SMARTS) is 1. The molecule has 0 saturated heterocycles. The number of rotatable bonds is 5. The van der Waals surface area contributed by atoms with Gasteiger partial charge in [-0.1, -0.05) is 19.3 Å². The van der Waals surface area contributed by atoms with Crippen molar-refractivity contribution in [1.29, 1.82) is 0 Å². The summed E-state index contributed by atoms with van der Waals surface area (Å²) in [7, 11) is 1.79. The van der Waals surface area contributed by atoms with Crippen LogP contribution in [0.1, 0.15) is 37.8 Å². The van der Waals surface area contributed by atoms with Gasteiger partial charge in [0.15, 0.2) is 0 Å². The normalized spacial score (nSPS) is 17.8. The first-order valence-electron chi connectivity index (χ1n) is 7.21. The zero-order valence-corrected chi connectivity index (χ0v) is 12.2. The van der Waals surface area contributed by atoms with E-state index in [4.69, 9.17) is 0 Å². The number of amides is 1. The first kappa shape index (κ1) is 15.3. The molecule has 0 unspecified atom stereocenters. The number of carbonyl (C=O) groups is 2. The lowest BCUT2D eigenvalue weighted by Crippen LogP contribution is -2.44. The molecule has 2 rings (SSSR count). The van der Waals surface area contributed by atoms with E-state index in [0.717, 1.165) is 25.0 Å². The zero-order valence-electron chi connectivity index (χ0n) is 12.2. The maximum Gasteiger partial charge on any atom is 0.311 e. The lowest BCUT2D eigenvalue weighted by Gasteiger charge is -2.33. The van der Waals surface area contributed by atoms with Gasteiger partial charge in [0.2, 0.25) is 5.91 Å². The summed E-state index contributed by atoms with van der Waals surface area (Å²) in [6, 6.07) is 1.80. The van der Waals surface area contributed by atoms with Gasteiger partial charge in [-0.2, -0.15) is 5.10 Å². The van der Waals surface area contributed by atoms with Crippen LogP contribution in [0, 0.1) is 5.41 Å². The highest BCUT2D eigenvalue weighted by molar-refractivity contribution is 5.91. The molecule has 114 valence electrons. The molecule has 1 amide bonds. The molecule has 0 atom stereocenters. The Balaban J connectivity index is 1.92. The van der Waals surface area contributed by atoms with Crippen LogP contribution < -0.4 is 5.32 Å². The van der Waals surface area contributed by atoms with Crippen molar-refractivity contribution in [3.8, 4) is 0 Å². The number of aromatic nitrogens is 2. The Morgan fingerprint density at radius 2 is 2.14 bits per heavy atom. The summed E-state index contributed by atoms with van der Waals surface area (Å²) in [5, 5.41) is 16.2. The average molecular weight is 291 g/mol. The fourth-order valence-corrected chi connectivity index (χ4v) is 2.72. The number of aryl methyl sites for hydroxylation is 1. The van der Waals surface area contributed by atoms with Gasteiger partial charge in [-0.3, -0.25) is 14.3 Å². The van der Waals surface area contributed by atoms with Gasteiger partial charge >= 0.3 is 5.97 Å². The van der Waals surface area contributed by atoms with Crippen LogP contribution in [0.15, 0.2) is 18.3 Å². The van der Waals surface area contributed by atoms with E-state index in [0.29, 0.717) is 12.8 Å². The van der Waals surface area contributed by atoms with Crippen LogP contribution in [0.4, 0.5) is 0 Å². The van der Waals surface area contributed by atoms with Crippen LogP contribution in [0.5, 0.6) is 0 Å². The van der Waals surface area contributed by atoms with Crippen molar-refractivity contribution in [2.75, 3.05) is 6.54 Å². The van der Waals surface area contributed by atoms with Crippen molar-refractivity contribution < 1.29 is 14.7 Å². The molecular weight excluding hydrogens is 270 g/mol. The van der Waals surface area contributed by atoms with Crippen molar-refractivity contribution in [3.63, 3.8) is 0 Å². The van der Waals surface area contributed by atoms with E-state index in [1.807, 2.05) is 0 Å². The number of hydrogen-bond acceptors (Lipinski definition) is 3. The molecule has 0 aromatic carbocycles. The maximum atomic E-state index is 11.8. The minimum atomic E-state index is -0.807. The van der Waals surface area contributed by atoms with Gasteiger partial charge in [0.1, 0.15) is 0 Å². The molecule has 1 aliphatic carbocycles. The predicted molar refractivity (Wildman–Crippen MR) is 78.4 cm³/mol. The molecule has 0 bridgehead atoms. The van der Waals surface area contributed by atoms with E-state index in [2.05, 4.69) is 10.4 Å². The first-order chi connectivity index (χ1) is 10.0. The summed E-state index contributed by atoms with van der Waals surface area (Å²) in [5.74, 6) is -1.08. The summed E-state index contributed by atoms with van der Waals surface area (Å²) < 4.78 is 1.66. The van der Waals surface area contributed by atoms with Crippen LogP contribution in [0.25, 0.3) is 6.08 Å². The maximum absolute atomic E-state index is 11.8. The summed E-state index contributed by atoms with van der Waals surface area (Å²) >= 11 is 0. The first-order valence-corrected chi connectivity index (χ1v) is 7.21. The smallest absolute Gasteiger partial charge is 0.311 e. The number of hydrogen-bond donors (Lipinski definition) is 2. The van der Waals surface area contributed by atoms with Crippen LogP contribution in [-0.4, -0.2) is 33.3 Å². The number of nitrogens with zero attached hydrogens (tertiary/aromatic N) is 2. The van der Waals surface area contributed by atoms with Crippen molar-refractivity contribution >= 4 is 18.0 Å². The zero-order chi connectivity index (χ0) is 15.3. The van der Waals surface area contributed by atoms with E-state index in [-0.39, 0.29) is 12.5 Å². The third-order valence-corrected chi connectivity index (χ3v) is 4.13. The SMILES string of the molecule is Cn1nccc1/C=C/C(=O)NCC1(C(=O)O)CCCCC1. The van der Waals surface area contributed by atoms with E-state index in [1.54, 1.807) is 30.1 Å². The monoisotopic (exact) mass is 291 g/mol. The molecule has 6 heteroatoms. The Labute approximate surface area is 123 Å². The Morgan fingerprint density at radius 3 is 2.71 bits per heavy atom. The standard InChI is InChI=1S/C15H21N3O3/c1-18-12(7-10-17-18)5-6-13(19)16-11-15(14(20)21)8-3-2-4-9-15/h5-7,10H,2-4,8-9,11H2,1H3,(H,16,19)(H,20,21)/b6-5+. The number of nitrogens with one attached hydrogen (secondary N) is 1. The van der Waals surface area contributed by atoms with Crippen LogP contribution >= 0.6 is 0 Å². The van der Waals surface area contributed by atoms with Crippen LogP contribution in [-0.2, 0) is 16.6 Å². The summed E-state index contributed by atoms with van der Waals surface area (Å²) in [6.45, 7) is 0.191. The highest BCUT2D eigenvalue weighted by Gasteiger charge is 2.39. The fourth-order valence-electron chi connectivity index (χ4n) is 2.72. The van der Waals surface area contributed by atoms with Gasteiger partial charge < -0.3 is 10.4 Å². The Bertz CT molecular complexity index is 542. The number of aliphatic carboxylic acids is 1. The molecule has 0 radical (unpaired) electrons. The van der Waals surface area contributed by atoms with Gasteiger partial charge in [-0.15, -0.1) is 0 Å². The second-order valence-corrected chi connectivity index (χ2v) is 5.58. The fraction of sp³-hybridized carbons (Fsp3) is 0.533. The van der Waals surface area contributed by atoms with Gasteiger partial charge in [-0.05, 0) is 25.0 Å². The lowest BCUT2D eigenvalue weighted by molar-refractivity contribution is -0.150. The predicted octanol–water partition coefficient (Wildman–Crippen LogP) is 1.58. The Hall–Kier alpha value is -2.11. The van der Waals surface area contributed by atoms with Gasteiger partial charge in [0.25, 0.3) is 0 Å². The average Bonchev–Trinajstić information content (AvgIpc) is 2.89. The number of carbonyl (C=O) groups excluding carboxylic acids is 1. The van der Waals surface area contributed by atoms with Crippen molar-refractivity contribution in [2.24, 2.45) is 12.5 Å². The van der Waals surface area contributed by atoms with E-state index in [1.165, 1.54) is 6.08 Å². The summed E-state index contributed by atoms with van der Waals surface area (Å²) in [5.41, 5.74) is 0.0182. The highest BCUT2D eigenvalue weighted by Crippen LogP contribution is 2.35. The molecule has 1 saturated carbocycles.